The first-order chi connectivity index (χ1) is 13.1. The molecular weight excluding hydrogens is 350 g/mol. The third-order valence-corrected chi connectivity index (χ3v) is 4.78. The van der Waals surface area contributed by atoms with Crippen molar-refractivity contribution < 1.29 is 14.5 Å². The largest absolute Gasteiger partial charge is 0.378 e. The van der Waals surface area contributed by atoms with Crippen molar-refractivity contribution in [2.45, 2.75) is 19.3 Å². The van der Waals surface area contributed by atoms with Gasteiger partial charge in [0, 0.05) is 36.5 Å². The number of nitrogens with one attached hydrogen (secondary N) is 1. The highest BCUT2D eigenvalue weighted by molar-refractivity contribution is 5.90. The van der Waals surface area contributed by atoms with Crippen LogP contribution in [-0.4, -0.2) is 67.9 Å². The Morgan fingerprint density at radius 3 is 2.67 bits per heavy atom. The first kappa shape index (κ1) is 19.2. The lowest BCUT2D eigenvalue weighted by atomic mass is 10.1. The van der Waals surface area contributed by atoms with Crippen LogP contribution in [0.3, 0.4) is 0 Å². The molecule has 27 heavy (non-hydrogen) atoms. The number of nitrogens with zero attached hydrogens (tertiary/aromatic N) is 4. The van der Waals surface area contributed by atoms with E-state index in [0.717, 1.165) is 31.6 Å². The number of ether oxygens (including phenoxy) is 1. The molecule has 1 aromatic rings. The number of morpholine rings is 1. The van der Waals surface area contributed by atoms with Crippen LogP contribution in [0.2, 0.25) is 0 Å². The topological polar surface area (TPSA) is 100 Å². The van der Waals surface area contributed by atoms with Crippen LogP contribution in [-0.2, 0) is 9.53 Å². The molecule has 9 nitrogen and oxygen atoms in total. The zero-order valence-corrected chi connectivity index (χ0v) is 15.3. The molecule has 3 rings (SSSR count). The number of carbonyl (C=O) groups excluding carboxylic acids is 1. The molecule has 2 heterocycles. The Balaban J connectivity index is 1.67. The zero-order chi connectivity index (χ0) is 19.1. The van der Waals surface area contributed by atoms with Gasteiger partial charge in [0.05, 0.1) is 30.9 Å². The summed E-state index contributed by atoms with van der Waals surface area (Å²) in [4.78, 5) is 26.9. The highest BCUT2D eigenvalue weighted by Gasteiger charge is 2.17. The van der Waals surface area contributed by atoms with Crippen LogP contribution in [0.15, 0.2) is 23.3 Å². The Kier molecular flexibility index (Phi) is 6.72. The summed E-state index contributed by atoms with van der Waals surface area (Å²) in [5.74, 6) is -0.175. The summed E-state index contributed by atoms with van der Waals surface area (Å²) in [6, 6.07) is 4.68. The van der Waals surface area contributed by atoms with E-state index in [4.69, 9.17) is 4.74 Å². The van der Waals surface area contributed by atoms with Crippen molar-refractivity contribution in [2.75, 3.05) is 50.8 Å². The van der Waals surface area contributed by atoms with Crippen molar-refractivity contribution in [3.63, 3.8) is 0 Å². The van der Waals surface area contributed by atoms with Crippen LogP contribution in [0.1, 0.15) is 24.8 Å². The molecule has 1 N–H and O–H groups in total. The first-order valence-corrected chi connectivity index (χ1v) is 9.29. The normalized spacial score (nSPS) is 18.6. The number of piperidine rings is 1. The number of nitro benzene ring substituents is 1. The first-order valence-electron chi connectivity index (χ1n) is 9.29. The molecule has 2 aliphatic rings. The number of nitro groups is 1. The Morgan fingerprint density at radius 2 is 1.96 bits per heavy atom. The third kappa shape index (κ3) is 5.48. The molecule has 0 saturated carbocycles. The SMILES string of the molecule is O=C(CN1CCCCC1)N/N=C\c1cc([N+](=O)[O-])ccc1N1CCOCC1. The van der Waals surface area contributed by atoms with Crippen molar-refractivity contribution in [3.8, 4) is 0 Å². The van der Waals surface area contributed by atoms with Crippen molar-refractivity contribution >= 4 is 23.5 Å². The lowest BCUT2D eigenvalue weighted by molar-refractivity contribution is -0.384. The lowest BCUT2D eigenvalue weighted by Gasteiger charge is -2.29. The average molecular weight is 375 g/mol. The Labute approximate surface area is 158 Å². The molecule has 0 unspecified atom stereocenters. The van der Waals surface area contributed by atoms with E-state index in [0.29, 0.717) is 38.4 Å². The number of hydrogen-bond acceptors (Lipinski definition) is 7. The maximum Gasteiger partial charge on any atom is 0.270 e. The number of likely N-dealkylation sites (tertiary alicyclic amines) is 1. The zero-order valence-electron chi connectivity index (χ0n) is 15.3. The molecule has 2 aliphatic heterocycles. The molecule has 9 heteroatoms. The van der Waals surface area contributed by atoms with Gasteiger partial charge in [0.15, 0.2) is 0 Å². The van der Waals surface area contributed by atoms with Gasteiger partial charge in [-0.15, -0.1) is 0 Å². The van der Waals surface area contributed by atoms with Crippen LogP contribution in [0.4, 0.5) is 11.4 Å². The molecule has 1 amide bonds. The van der Waals surface area contributed by atoms with Gasteiger partial charge in [0.25, 0.3) is 11.6 Å². The molecular formula is C18H25N5O4. The molecule has 2 fully saturated rings. The Hall–Kier alpha value is -2.52. The number of amides is 1. The van der Waals surface area contributed by atoms with Crippen molar-refractivity contribution in [3.05, 3.63) is 33.9 Å². The number of carbonyl (C=O) groups is 1. The van der Waals surface area contributed by atoms with Crippen molar-refractivity contribution in [1.82, 2.24) is 10.3 Å². The van der Waals surface area contributed by atoms with Gasteiger partial charge in [-0.3, -0.25) is 19.8 Å². The summed E-state index contributed by atoms with van der Waals surface area (Å²) in [6.45, 7) is 4.83. The predicted octanol–water partition coefficient (Wildman–Crippen LogP) is 1.37. The van der Waals surface area contributed by atoms with E-state index in [1.807, 2.05) is 0 Å². The van der Waals surface area contributed by atoms with E-state index in [1.165, 1.54) is 24.8 Å². The lowest BCUT2D eigenvalue weighted by Crippen LogP contribution is -2.38. The summed E-state index contributed by atoms with van der Waals surface area (Å²) in [5.41, 5.74) is 3.97. The van der Waals surface area contributed by atoms with Gasteiger partial charge in [0.1, 0.15) is 0 Å². The van der Waals surface area contributed by atoms with Gasteiger partial charge < -0.3 is 9.64 Å². The summed E-state index contributed by atoms with van der Waals surface area (Å²) in [7, 11) is 0. The predicted molar refractivity (Wildman–Crippen MR) is 102 cm³/mol. The molecule has 0 aromatic heterocycles. The fourth-order valence-corrected chi connectivity index (χ4v) is 3.38. The minimum absolute atomic E-state index is 0.00639. The van der Waals surface area contributed by atoms with E-state index in [9.17, 15) is 14.9 Å². The summed E-state index contributed by atoms with van der Waals surface area (Å²) >= 11 is 0. The Bertz CT molecular complexity index is 697. The number of benzene rings is 1. The molecule has 0 spiro atoms. The number of hydrogen-bond donors (Lipinski definition) is 1. The second-order valence-corrected chi connectivity index (χ2v) is 6.73. The second-order valence-electron chi connectivity index (χ2n) is 6.73. The van der Waals surface area contributed by atoms with Gasteiger partial charge in [-0.25, -0.2) is 5.43 Å². The summed E-state index contributed by atoms with van der Waals surface area (Å²) in [5, 5.41) is 15.1. The van der Waals surface area contributed by atoms with Gasteiger partial charge in [0.2, 0.25) is 0 Å². The van der Waals surface area contributed by atoms with Gasteiger partial charge >= 0.3 is 0 Å². The molecule has 0 atom stereocenters. The molecule has 0 aliphatic carbocycles. The van der Waals surface area contributed by atoms with E-state index >= 15 is 0 Å². The molecule has 146 valence electrons. The second kappa shape index (κ2) is 9.43. The summed E-state index contributed by atoms with van der Waals surface area (Å²) in [6.07, 6.45) is 4.93. The maximum absolute atomic E-state index is 12.1. The fraction of sp³-hybridized carbons (Fsp3) is 0.556. The van der Waals surface area contributed by atoms with E-state index in [-0.39, 0.29) is 11.6 Å². The van der Waals surface area contributed by atoms with E-state index in [2.05, 4.69) is 20.3 Å². The monoisotopic (exact) mass is 375 g/mol. The smallest absolute Gasteiger partial charge is 0.270 e. The van der Waals surface area contributed by atoms with Crippen LogP contribution in [0.25, 0.3) is 0 Å². The fourth-order valence-electron chi connectivity index (χ4n) is 3.38. The maximum atomic E-state index is 12.1. The number of hydrazone groups is 1. The minimum Gasteiger partial charge on any atom is -0.378 e. The van der Waals surface area contributed by atoms with Crippen LogP contribution < -0.4 is 10.3 Å². The third-order valence-electron chi connectivity index (χ3n) is 4.78. The van der Waals surface area contributed by atoms with Crippen LogP contribution in [0, 0.1) is 10.1 Å². The molecule has 0 radical (unpaired) electrons. The Morgan fingerprint density at radius 1 is 1.22 bits per heavy atom. The summed E-state index contributed by atoms with van der Waals surface area (Å²) < 4.78 is 5.36. The average Bonchev–Trinajstić information content (AvgIpc) is 2.69. The van der Waals surface area contributed by atoms with Crippen molar-refractivity contribution in [1.29, 1.82) is 0 Å². The molecule has 0 bridgehead atoms. The standard InChI is InChI=1S/C18H25N5O4/c24-18(14-21-6-2-1-3-7-21)20-19-13-15-12-16(23(25)26)4-5-17(15)22-8-10-27-11-9-22/h4-5,12-13H,1-3,6-11,14H2,(H,20,24)/b19-13-. The van der Waals surface area contributed by atoms with E-state index < -0.39 is 4.92 Å². The molecule has 1 aromatic carbocycles. The van der Waals surface area contributed by atoms with Gasteiger partial charge in [-0.05, 0) is 32.0 Å². The quantitative estimate of drug-likeness (QED) is 0.458. The molecule has 2 saturated heterocycles. The van der Waals surface area contributed by atoms with Crippen molar-refractivity contribution in [2.24, 2.45) is 5.10 Å². The minimum atomic E-state index is -0.435. The van der Waals surface area contributed by atoms with Crippen LogP contribution in [0.5, 0.6) is 0 Å². The van der Waals surface area contributed by atoms with E-state index in [1.54, 1.807) is 6.07 Å². The van der Waals surface area contributed by atoms with Gasteiger partial charge in [-0.1, -0.05) is 6.42 Å². The van der Waals surface area contributed by atoms with Gasteiger partial charge in [-0.2, -0.15) is 5.10 Å². The number of rotatable bonds is 6. The number of anilines is 1. The van der Waals surface area contributed by atoms with Crippen LogP contribution >= 0.6 is 0 Å². The number of non-ortho nitro benzene ring substituents is 1. The highest BCUT2D eigenvalue weighted by atomic mass is 16.6. The highest BCUT2D eigenvalue weighted by Crippen LogP contribution is 2.25.